The third kappa shape index (κ3) is 3.32. The molecule has 5 nitrogen and oxygen atoms in total. The maximum atomic E-state index is 5.13. The standard InChI is InChI=1S/C14H20N4OS/c1-5-6-15-9(2)13-10(3)18-14(20-13)11-7-12(19-4)17-8-16-11/h7-9,15H,5-6H2,1-4H3. The van der Waals surface area contributed by atoms with Crippen LogP contribution in [0.2, 0.25) is 0 Å². The Labute approximate surface area is 123 Å². The largest absolute Gasteiger partial charge is 0.481 e. The summed E-state index contributed by atoms with van der Waals surface area (Å²) in [5.41, 5.74) is 1.86. The van der Waals surface area contributed by atoms with E-state index in [4.69, 9.17) is 4.74 Å². The second kappa shape index (κ2) is 6.76. The van der Waals surface area contributed by atoms with Crippen LogP contribution in [0.25, 0.3) is 10.7 Å². The van der Waals surface area contributed by atoms with E-state index in [1.54, 1.807) is 18.4 Å². The molecule has 2 rings (SSSR count). The SMILES string of the molecule is CCCNC(C)c1sc(-c2cc(OC)ncn2)nc1C. The Kier molecular flexibility index (Phi) is 5.03. The van der Waals surface area contributed by atoms with Crippen molar-refractivity contribution in [2.45, 2.75) is 33.2 Å². The summed E-state index contributed by atoms with van der Waals surface area (Å²) < 4.78 is 5.13. The Morgan fingerprint density at radius 1 is 1.40 bits per heavy atom. The summed E-state index contributed by atoms with van der Waals surface area (Å²) in [7, 11) is 1.60. The topological polar surface area (TPSA) is 59.9 Å². The van der Waals surface area contributed by atoms with Crippen molar-refractivity contribution in [2.75, 3.05) is 13.7 Å². The predicted octanol–water partition coefficient (Wildman–Crippen LogP) is 2.98. The van der Waals surface area contributed by atoms with E-state index in [0.717, 1.165) is 29.4 Å². The zero-order valence-corrected chi connectivity index (χ0v) is 13.1. The first-order valence-electron chi connectivity index (χ1n) is 6.72. The highest BCUT2D eigenvalue weighted by molar-refractivity contribution is 7.15. The Morgan fingerprint density at radius 2 is 2.20 bits per heavy atom. The van der Waals surface area contributed by atoms with Gasteiger partial charge in [0.05, 0.1) is 12.8 Å². The number of aromatic nitrogens is 3. The van der Waals surface area contributed by atoms with Gasteiger partial charge in [-0.2, -0.15) is 0 Å². The van der Waals surface area contributed by atoms with Gasteiger partial charge in [0.25, 0.3) is 0 Å². The van der Waals surface area contributed by atoms with Gasteiger partial charge in [-0.1, -0.05) is 6.92 Å². The molecular weight excluding hydrogens is 272 g/mol. The van der Waals surface area contributed by atoms with Crippen LogP contribution in [0.1, 0.15) is 36.9 Å². The summed E-state index contributed by atoms with van der Waals surface area (Å²) in [4.78, 5) is 14.2. The number of nitrogens with one attached hydrogen (secondary N) is 1. The van der Waals surface area contributed by atoms with Gasteiger partial charge < -0.3 is 10.1 Å². The summed E-state index contributed by atoms with van der Waals surface area (Å²) >= 11 is 1.67. The molecule has 0 spiro atoms. The molecule has 0 bridgehead atoms. The molecule has 2 aromatic rings. The van der Waals surface area contributed by atoms with E-state index >= 15 is 0 Å². The van der Waals surface area contributed by atoms with Crippen LogP contribution in [0.3, 0.4) is 0 Å². The minimum Gasteiger partial charge on any atom is -0.481 e. The van der Waals surface area contributed by atoms with Crippen LogP contribution in [-0.4, -0.2) is 28.6 Å². The van der Waals surface area contributed by atoms with Crippen LogP contribution in [0, 0.1) is 6.92 Å². The molecule has 0 aliphatic rings. The summed E-state index contributed by atoms with van der Waals surface area (Å²) in [5.74, 6) is 0.557. The van der Waals surface area contributed by atoms with Crippen molar-refractivity contribution < 1.29 is 4.74 Å². The molecular formula is C14H20N4OS. The van der Waals surface area contributed by atoms with Crippen molar-refractivity contribution in [3.63, 3.8) is 0 Å². The highest BCUT2D eigenvalue weighted by atomic mass is 32.1. The number of thiazole rings is 1. The molecule has 2 aromatic heterocycles. The Bertz CT molecular complexity index is 570. The maximum Gasteiger partial charge on any atom is 0.216 e. The third-order valence-corrected chi connectivity index (χ3v) is 4.36. The fourth-order valence-corrected chi connectivity index (χ4v) is 3.00. The van der Waals surface area contributed by atoms with Crippen LogP contribution < -0.4 is 10.1 Å². The third-order valence-electron chi connectivity index (χ3n) is 3.00. The summed E-state index contributed by atoms with van der Waals surface area (Å²) in [6.45, 7) is 7.38. The Morgan fingerprint density at radius 3 is 2.90 bits per heavy atom. The van der Waals surface area contributed by atoms with Gasteiger partial charge in [0, 0.05) is 17.0 Å². The van der Waals surface area contributed by atoms with E-state index in [1.165, 1.54) is 11.2 Å². The number of rotatable bonds is 6. The van der Waals surface area contributed by atoms with Gasteiger partial charge >= 0.3 is 0 Å². The molecule has 0 radical (unpaired) electrons. The summed E-state index contributed by atoms with van der Waals surface area (Å²) in [5, 5.41) is 4.40. The Balaban J connectivity index is 2.25. The first-order valence-corrected chi connectivity index (χ1v) is 7.54. The number of aryl methyl sites for hydroxylation is 1. The van der Waals surface area contributed by atoms with E-state index in [0.29, 0.717) is 11.9 Å². The average Bonchev–Trinajstić information content (AvgIpc) is 2.87. The quantitative estimate of drug-likeness (QED) is 0.887. The van der Waals surface area contributed by atoms with Gasteiger partial charge in [-0.15, -0.1) is 11.3 Å². The molecule has 6 heteroatoms. The monoisotopic (exact) mass is 292 g/mol. The molecule has 108 valence electrons. The predicted molar refractivity (Wildman–Crippen MR) is 81.1 cm³/mol. The zero-order valence-electron chi connectivity index (χ0n) is 12.3. The van der Waals surface area contributed by atoms with Crippen LogP contribution in [-0.2, 0) is 0 Å². The molecule has 20 heavy (non-hydrogen) atoms. The fourth-order valence-electron chi connectivity index (χ4n) is 1.94. The van der Waals surface area contributed by atoms with Crippen molar-refractivity contribution in [3.05, 3.63) is 23.0 Å². The van der Waals surface area contributed by atoms with E-state index in [9.17, 15) is 0 Å². The molecule has 0 aliphatic carbocycles. The average molecular weight is 292 g/mol. The fraction of sp³-hybridized carbons (Fsp3) is 0.500. The number of methoxy groups -OCH3 is 1. The second-order valence-electron chi connectivity index (χ2n) is 4.59. The van der Waals surface area contributed by atoms with Crippen LogP contribution in [0.4, 0.5) is 0 Å². The molecule has 2 heterocycles. The maximum absolute atomic E-state index is 5.13. The molecule has 0 saturated heterocycles. The Hall–Kier alpha value is -1.53. The highest BCUT2D eigenvalue weighted by Crippen LogP contribution is 2.31. The lowest BCUT2D eigenvalue weighted by molar-refractivity contribution is 0.397. The number of hydrogen-bond donors (Lipinski definition) is 1. The first-order chi connectivity index (χ1) is 9.65. The number of hydrogen-bond acceptors (Lipinski definition) is 6. The second-order valence-corrected chi connectivity index (χ2v) is 5.62. The summed E-state index contributed by atoms with van der Waals surface area (Å²) in [6.07, 6.45) is 2.63. The lowest BCUT2D eigenvalue weighted by atomic mass is 10.2. The van der Waals surface area contributed by atoms with E-state index < -0.39 is 0 Å². The van der Waals surface area contributed by atoms with Gasteiger partial charge in [0.2, 0.25) is 5.88 Å². The van der Waals surface area contributed by atoms with Crippen molar-refractivity contribution in [1.82, 2.24) is 20.3 Å². The van der Waals surface area contributed by atoms with Crippen molar-refractivity contribution >= 4 is 11.3 Å². The van der Waals surface area contributed by atoms with Gasteiger partial charge in [-0.05, 0) is 26.8 Å². The van der Waals surface area contributed by atoms with Crippen LogP contribution in [0.5, 0.6) is 5.88 Å². The van der Waals surface area contributed by atoms with Crippen LogP contribution in [0.15, 0.2) is 12.4 Å². The van der Waals surface area contributed by atoms with Gasteiger partial charge in [-0.25, -0.2) is 15.0 Å². The van der Waals surface area contributed by atoms with Gasteiger partial charge in [-0.3, -0.25) is 0 Å². The zero-order chi connectivity index (χ0) is 14.5. The first kappa shape index (κ1) is 14.9. The lowest BCUT2D eigenvalue weighted by Crippen LogP contribution is -2.18. The normalized spacial score (nSPS) is 12.4. The number of ether oxygens (including phenoxy) is 1. The lowest BCUT2D eigenvalue weighted by Gasteiger charge is -2.11. The molecule has 0 aromatic carbocycles. The minimum absolute atomic E-state index is 0.310. The van der Waals surface area contributed by atoms with Gasteiger partial charge in [0.15, 0.2) is 0 Å². The molecule has 1 atom stereocenters. The molecule has 0 aliphatic heterocycles. The van der Waals surface area contributed by atoms with Crippen molar-refractivity contribution in [2.24, 2.45) is 0 Å². The highest BCUT2D eigenvalue weighted by Gasteiger charge is 2.15. The molecule has 0 saturated carbocycles. The van der Waals surface area contributed by atoms with Gasteiger partial charge in [0.1, 0.15) is 17.0 Å². The van der Waals surface area contributed by atoms with Crippen LogP contribution >= 0.6 is 11.3 Å². The van der Waals surface area contributed by atoms with E-state index in [-0.39, 0.29) is 0 Å². The summed E-state index contributed by atoms with van der Waals surface area (Å²) in [6, 6.07) is 2.12. The molecule has 1 unspecified atom stereocenters. The van der Waals surface area contributed by atoms with Crippen molar-refractivity contribution in [1.29, 1.82) is 0 Å². The molecule has 0 fully saturated rings. The van der Waals surface area contributed by atoms with Crippen molar-refractivity contribution in [3.8, 4) is 16.6 Å². The smallest absolute Gasteiger partial charge is 0.216 e. The van der Waals surface area contributed by atoms with E-state index in [1.807, 2.05) is 13.0 Å². The molecule has 0 amide bonds. The minimum atomic E-state index is 0.310. The van der Waals surface area contributed by atoms with E-state index in [2.05, 4.69) is 34.1 Å². The number of nitrogens with zero attached hydrogens (tertiary/aromatic N) is 3. The molecule has 1 N–H and O–H groups in total.